The number of fused-ring (bicyclic) bond motifs is 1. The lowest BCUT2D eigenvalue weighted by Crippen LogP contribution is -2.60. The number of carbonyl (C=O) groups excluding carboxylic acids is 5. The third kappa shape index (κ3) is 7.66. The molecule has 3 rings (SSSR count). The zero-order chi connectivity index (χ0) is 31.6. The van der Waals surface area contributed by atoms with Crippen molar-refractivity contribution in [3.63, 3.8) is 0 Å². The highest BCUT2D eigenvalue weighted by molar-refractivity contribution is 6.38. The molecule has 2 aliphatic rings. The highest BCUT2D eigenvalue weighted by Gasteiger charge is 2.70. The van der Waals surface area contributed by atoms with E-state index in [1.54, 1.807) is 45.3 Å². The fourth-order valence-corrected chi connectivity index (χ4v) is 5.80. The van der Waals surface area contributed by atoms with E-state index in [0.717, 1.165) is 5.56 Å². The largest absolute Gasteiger partial charge is 0.444 e. The molecule has 2 fully saturated rings. The molecule has 11 nitrogen and oxygen atoms in total. The first-order valence-corrected chi connectivity index (χ1v) is 14.7. The van der Waals surface area contributed by atoms with Gasteiger partial charge in [-0.25, -0.2) is 4.79 Å². The smallest absolute Gasteiger partial charge is 0.408 e. The lowest BCUT2D eigenvalue weighted by molar-refractivity contribution is -0.145. The summed E-state index contributed by atoms with van der Waals surface area (Å²) in [6.45, 7) is 17.2. The van der Waals surface area contributed by atoms with Crippen molar-refractivity contribution in [1.29, 1.82) is 0 Å². The molecule has 1 aliphatic carbocycles. The number of ketones is 1. The van der Waals surface area contributed by atoms with Gasteiger partial charge < -0.3 is 25.6 Å². The van der Waals surface area contributed by atoms with Gasteiger partial charge in [-0.1, -0.05) is 54.0 Å². The van der Waals surface area contributed by atoms with Crippen LogP contribution in [0.15, 0.2) is 24.5 Å². The number of nitrogens with zero attached hydrogens (tertiary/aromatic N) is 2. The molecule has 3 N–H and O–H groups in total. The number of likely N-dealkylation sites (tertiary alicyclic amines) is 1. The van der Waals surface area contributed by atoms with Crippen molar-refractivity contribution < 1.29 is 28.7 Å². The number of ether oxygens (including phenoxy) is 1. The van der Waals surface area contributed by atoms with Gasteiger partial charge in [0.05, 0.1) is 6.04 Å². The predicted molar refractivity (Wildman–Crippen MR) is 157 cm³/mol. The summed E-state index contributed by atoms with van der Waals surface area (Å²) >= 11 is 0. The summed E-state index contributed by atoms with van der Waals surface area (Å²) in [4.78, 5) is 71.9. The molecule has 232 valence electrons. The number of aromatic nitrogens is 1. The quantitative estimate of drug-likeness (QED) is 0.358. The summed E-state index contributed by atoms with van der Waals surface area (Å²) in [7, 11) is 0. The lowest BCUT2D eigenvalue weighted by atomic mass is 9.85. The Hall–Kier alpha value is -3.50. The van der Waals surface area contributed by atoms with E-state index in [9.17, 15) is 24.0 Å². The molecular weight excluding hydrogens is 538 g/mol. The molecule has 42 heavy (non-hydrogen) atoms. The van der Waals surface area contributed by atoms with E-state index < -0.39 is 52.8 Å². The van der Waals surface area contributed by atoms with Gasteiger partial charge in [-0.3, -0.25) is 24.2 Å². The Morgan fingerprint density at radius 2 is 1.76 bits per heavy atom. The van der Waals surface area contributed by atoms with Gasteiger partial charge >= 0.3 is 6.09 Å². The van der Waals surface area contributed by atoms with E-state index in [1.807, 2.05) is 27.7 Å². The van der Waals surface area contributed by atoms with Crippen molar-refractivity contribution in [2.45, 2.75) is 105 Å². The van der Waals surface area contributed by atoms with Gasteiger partial charge in [0.15, 0.2) is 0 Å². The number of alkyl carbamates (subject to hydrolysis) is 1. The number of hydrogen-bond donors (Lipinski definition) is 3. The Balaban J connectivity index is 1.78. The standard InChI is InChI=1S/C31H47N5O6/c1-10-12-20(23(37)26(39)33-16-18-13-11-14-32-15-18)34-25(38)22-21-19(31(21,8)9)17-36(22)27(40)24(29(2,3)4)35-28(41)42-30(5,6)7/h11,13-15,19-22,24H,10,12,16-17H2,1-9H3,(H,33,39)(H,34,38)(H,35,41)/t19?,20?,21?,22-,24+/m0/s1. The number of nitrogens with one attached hydrogen (secondary N) is 3. The Morgan fingerprint density at radius 3 is 2.31 bits per heavy atom. The van der Waals surface area contributed by atoms with E-state index in [-0.39, 0.29) is 36.1 Å². The van der Waals surface area contributed by atoms with Gasteiger partial charge in [-0.15, -0.1) is 0 Å². The second-order valence-electron chi connectivity index (χ2n) is 14.1. The van der Waals surface area contributed by atoms with Crippen molar-refractivity contribution in [3.05, 3.63) is 30.1 Å². The summed E-state index contributed by atoms with van der Waals surface area (Å²) in [5.74, 6) is -2.41. The van der Waals surface area contributed by atoms with Crippen molar-refractivity contribution in [2.75, 3.05) is 6.54 Å². The van der Waals surface area contributed by atoms with Gasteiger partial charge in [0.25, 0.3) is 5.91 Å². The summed E-state index contributed by atoms with van der Waals surface area (Å²) in [5, 5.41) is 8.13. The van der Waals surface area contributed by atoms with Crippen molar-refractivity contribution in [1.82, 2.24) is 25.8 Å². The molecule has 4 amide bonds. The number of Topliss-reactive ketones (excluding diaryl/α,β-unsaturated/α-hetero) is 1. The topological polar surface area (TPSA) is 147 Å². The molecular formula is C31H47N5O6. The number of hydrogen-bond acceptors (Lipinski definition) is 7. The molecule has 1 saturated carbocycles. The van der Waals surface area contributed by atoms with Crippen molar-refractivity contribution in [3.8, 4) is 0 Å². The first-order valence-electron chi connectivity index (χ1n) is 14.7. The molecule has 0 spiro atoms. The fourth-order valence-electron chi connectivity index (χ4n) is 5.80. The molecule has 1 aromatic rings. The first kappa shape index (κ1) is 33.0. The first-order chi connectivity index (χ1) is 19.4. The van der Waals surface area contributed by atoms with Crippen LogP contribution in [0.3, 0.4) is 0 Å². The van der Waals surface area contributed by atoms with Crippen LogP contribution in [0.5, 0.6) is 0 Å². The molecule has 1 aliphatic heterocycles. The molecule has 0 bridgehead atoms. The van der Waals surface area contributed by atoms with Gasteiger partial charge in [0, 0.05) is 25.5 Å². The second kappa shape index (κ2) is 12.4. The Morgan fingerprint density at radius 1 is 1.10 bits per heavy atom. The number of carbonyl (C=O) groups is 5. The molecule has 0 radical (unpaired) electrons. The fraction of sp³-hybridized carbons (Fsp3) is 0.677. The normalized spacial score (nSPS) is 22.3. The Bertz CT molecular complexity index is 1190. The van der Waals surface area contributed by atoms with Crippen LogP contribution in [0.25, 0.3) is 0 Å². The van der Waals surface area contributed by atoms with Crippen molar-refractivity contribution in [2.24, 2.45) is 22.7 Å². The number of piperidine rings is 1. The van der Waals surface area contributed by atoms with Crippen LogP contribution in [0.2, 0.25) is 0 Å². The minimum atomic E-state index is -1.03. The second-order valence-corrected chi connectivity index (χ2v) is 14.1. The lowest BCUT2D eigenvalue weighted by Gasteiger charge is -2.38. The van der Waals surface area contributed by atoms with Crippen LogP contribution in [-0.4, -0.2) is 69.8 Å². The Labute approximate surface area is 248 Å². The summed E-state index contributed by atoms with van der Waals surface area (Å²) in [6.07, 6.45) is 3.32. The molecule has 5 atom stereocenters. The number of amides is 4. The van der Waals surface area contributed by atoms with E-state index in [2.05, 4.69) is 34.8 Å². The number of pyridine rings is 1. The van der Waals surface area contributed by atoms with E-state index in [0.29, 0.717) is 13.0 Å². The van der Waals surface area contributed by atoms with E-state index in [1.165, 1.54) is 4.90 Å². The third-order valence-corrected chi connectivity index (χ3v) is 8.14. The van der Waals surface area contributed by atoms with Crippen molar-refractivity contribution >= 4 is 29.6 Å². The van der Waals surface area contributed by atoms with Crippen LogP contribution in [0.1, 0.15) is 80.7 Å². The maximum absolute atomic E-state index is 14.0. The number of rotatable bonds is 10. The SMILES string of the molecule is CCCC(NC(=O)[C@@H]1C2C(CN1C(=O)[C@@H](NC(=O)OC(C)(C)C)C(C)(C)C)C2(C)C)C(=O)C(=O)NCc1cccnc1. The summed E-state index contributed by atoms with van der Waals surface area (Å²) in [6, 6.07) is 0.693. The van der Waals surface area contributed by atoms with E-state index in [4.69, 9.17) is 4.74 Å². The van der Waals surface area contributed by atoms with Crippen LogP contribution < -0.4 is 16.0 Å². The summed E-state index contributed by atoms with van der Waals surface area (Å²) in [5.41, 5.74) is -0.850. The van der Waals surface area contributed by atoms with E-state index >= 15 is 0 Å². The average Bonchev–Trinajstić information content (AvgIpc) is 3.21. The maximum Gasteiger partial charge on any atom is 0.408 e. The van der Waals surface area contributed by atoms with Crippen LogP contribution >= 0.6 is 0 Å². The molecule has 2 heterocycles. The maximum atomic E-state index is 14.0. The zero-order valence-electron chi connectivity index (χ0n) is 26.4. The molecule has 1 saturated heterocycles. The molecule has 3 unspecified atom stereocenters. The molecule has 11 heteroatoms. The van der Waals surface area contributed by atoms with Gasteiger partial charge in [0.2, 0.25) is 17.6 Å². The van der Waals surface area contributed by atoms with Crippen LogP contribution in [0.4, 0.5) is 4.79 Å². The Kier molecular flexibility index (Phi) is 9.74. The highest BCUT2D eigenvalue weighted by Crippen LogP contribution is 2.65. The summed E-state index contributed by atoms with van der Waals surface area (Å²) < 4.78 is 5.41. The minimum absolute atomic E-state index is 0.0995. The minimum Gasteiger partial charge on any atom is -0.444 e. The predicted octanol–water partition coefficient (Wildman–Crippen LogP) is 2.97. The molecule has 1 aromatic heterocycles. The monoisotopic (exact) mass is 585 g/mol. The van der Waals surface area contributed by atoms with Gasteiger partial charge in [-0.05, 0) is 61.5 Å². The van der Waals surface area contributed by atoms with Gasteiger partial charge in [0.1, 0.15) is 17.7 Å². The highest BCUT2D eigenvalue weighted by atomic mass is 16.6. The average molecular weight is 586 g/mol. The van der Waals surface area contributed by atoms with Crippen LogP contribution in [0, 0.1) is 22.7 Å². The molecule has 0 aromatic carbocycles. The van der Waals surface area contributed by atoms with Gasteiger partial charge in [-0.2, -0.15) is 0 Å². The zero-order valence-corrected chi connectivity index (χ0v) is 26.4. The third-order valence-electron chi connectivity index (χ3n) is 8.14. The van der Waals surface area contributed by atoms with Crippen LogP contribution in [-0.2, 0) is 30.5 Å².